The Labute approximate surface area is 86.1 Å². The summed E-state index contributed by atoms with van der Waals surface area (Å²) in [4.78, 5) is 0. The zero-order valence-corrected chi connectivity index (χ0v) is 9.14. The van der Waals surface area contributed by atoms with E-state index in [2.05, 4.69) is 19.1 Å². The van der Waals surface area contributed by atoms with Crippen LogP contribution in [0.25, 0.3) is 0 Å². The molecule has 0 amide bonds. The number of benzene rings is 1. The van der Waals surface area contributed by atoms with Gasteiger partial charge in [0.25, 0.3) is 0 Å². The average molecular weight is 193 g/mol. The summed E-state index contributed by atoms with van der Waals surface area (Å²) in [6.07, 6.45) is 0.915. The molecule has 0 heterocycles. The quantitative estimate of drug-likeness (QED) is 0.742. The molecule has 14 heavy (non-hydrogen) atoms. The topological polar surface area (TPSA) is 23.5 Å². The fraction of sp³-hybridized carbons (Fsp3) is 0.500. The van der Waals surface area contributed by atoms with Crippen LogP contribution in [0.4, 0.5) is 0 Å². The highest BCUT2D eigenvalue weighted by molar-refractivity contribution is 5.18. The zero-order chi connectivity index (χ0) is 10.6. The van der Waals surface area contributed by atoms with Crippen molar-refractivity contribution in [1.29, 1.82) is 0 Å². The average Bonchev–Trinajstić information content (AvgIpc) is 2.20. The Hall–Kier alpha value is -0.860. The largest absolute Gasteiger partial charge is 0.313 e. The van der Waals surface area contributed by atoms with Gasteiger partial charge in [0.2, 0.25) is 0 Å². The van der Waals surface area contributed by atoms with Gasteiger partial charge < -0.3 is 5.21 Å². The molecule has 2 heteroatoms. The second kappa shape index (κ2) is 5.13. The molecule has 1 rings (SSSR count). The van der Waals surface area contributed by atoms with E-state index in [9.17, 15) is 5.21 Å². The van der Waals surface area contributed by atoms with E-state index in [1.54, 1.807) is 0 Å². The van der Waals surface area contributed by atoms with E-state index in [-0.39, 0.29) is 12.1 Å². The molecule has 0 aromatic heterocycles. The highest BCUT2D eigenvalue weighted by atomic mass is 16.5. The summed E-state index contributed by atoms with van der Waals surface area (Å²) in [5.41, 5.74) is 1.17. The van der Waals surface area contributed by atoms with Crippen molar-refractivity contribution in [3.63, 3.8) is 0 Å². The molecule has 1 aromatic carbocycles. The molecule has 0 saturated carbocycles. The number of nitrogens with zero attached hydrogens (tertiary/aromatic N) is 1. The minimum absolute atomic E-state index is 0.108. The Kier molecular flexibility index (Phi) is 4.11. The van der Waals surface area contributed by atoms with E-state index in [1.165, 1.54) is 10.6 Å². The second-order valence-corrected chi connectivity index (χ2v) is 3.81. The molecule has 1 unspecified atom stereocenters. The summed E-state index contributed by atoms with van der Waals surface area (Å²) < 4.78 is 0. The van der Waals surface area contributed by atoms with Gasteiger partial charge in [0.1, 0.15) is 0 Å². The third-order valence-corrected chi connectivity index (χ3v) is 2.42. The highest BCUT2D eigenvalue weighted by Crippen LogP contribution is 2.23. The standard InChI is InChI=1S/C12H19NO/c1-4-12(13(14)10(2)3)11-8-6-5-7-9-11/h5-10,12,14H,4H2,1-3H3. The van der Waals surface area contributed by atoms with Gasteiger partial charge in [0, 0.05) is 6.04 Å². The van der Waals surface area contributed by atoms with E-state index in [0.717, 1.165) is 6.42 Å². The van der Waals surface area contributed by atoms with Gasteiger partial charge in [0.15, 0.2) is 0 Å². The van der Waals surface area contributed by atoms with Crippen LogP contribution in [-0.2, 0) is 0 Å². The van der Waals surface area contributed by atoms with E-state index in [0.29, 0.717) is 0 Å². The lowest BCUT2D eigenvalue weighted by atomic mass is 10.0. The molecule has 1 atom stereocenters. The van der Waals surface area contributed by atoms with Gasteiger partial charge in [-0.25, -0.2) is 0 Å². The summed E-state index contributed by atoms with van der Waals surface area (Å²) >= 11 is 0. The van der Waals surface area contributed by atoms with Gasteiger partial charge in [-0.2, -0.15) is 5.06 Å². The monoisotopic (exact) mass is 193 g/mol. The van der Waals surface area contributed by atoms with E-state index in [4.69, 9.17) is 0 Å². The summed E-state index contributed by atoms with van der Waals surface area (Å²) in [6.45, 7) is 6.07. The third-order valence-electron chi connectivity index (χ3n) is 2.42. The van der Waals surface area contributed by atoms with Crippen LogP contribution < -0.4 is 0 Å². The van der Waals surface area contributed by atoms with Crippen LogP contribution >= 0.6 is 0 Å². The summed E-state index contributed by atoms with van der Waals surface area (Å²) in [6, 6.07) is 10.4. The van der Waals surface area contributed by atoms with Crippen LogP contribution in [0.15, 0.2) is 30.3 Å². The second-order valence-electron chi connectivity index (χ2n) is 3.81. The zero-order valence-electron chi connectivity index (χ0n) is 9.14. The Morgan fingerprint density at radius 1 is 1.21 bits per heavy atom. The normalized spacial score (nSPS) is 13.6. The van der Waals surface area contributed by atoms with Crippen molar-refractivity contribution in [2.75, 3.05) is 0 Å². The summed E-state index contributed by atoms with van der Waals surface area (Å²) in [5.74, 6) is 0. The van der Waals surface area contributed by atoms with Crippen molar-refractivity contribution < 1.29 is 5.21 Å². The lowest BCUT2D eigenvalue weighted by Gasteiger charge is -2.28. The van der Waals surface area contributed by atoms with Crippen molar-refractivity contribution in [1.82, 2.24) is 5.06 Å². The molecule has 0 fully saturated rings. The van der Waals surface area contributed by atoms with Gasteiger partial charge in [-0.15, -0.1) is 0 Å². The van der Waals surface area contributed by atoms with E-state index < -0.39 is 0 Å². The lowest BCUT2D eigenvalue weighted by Crippen LogP contribution is -2.31. The van der Waals surface area contributed by atoms with Crippen molar-refractivity contribution in [2.45, 2.75) is 39.3 Å². The first-order valence-corrected chi connectivity index (χ1v) is 5.19. The van der Waals surface area contributed by atoms with Crippen LogP contribution in [0.3, 0.4) is 0 Å². The summed E-state index contributed by atoms with van der Waals surface area (Å²) in [5, 5.41) is 11.3. The van der Waals surface area contributed by atoms with Crippen LogP contribution in [0.2, 0.25) is 0 Å². The van der Waals surface area contributed by atoms with Crippen LogP contribution in [0.5, 0.6) is 0 Å². The van der Waals surface area contributed by atoms with Crippen LogP contribution in [0.1, 0.15) is 38.8 Å². The van der Waals surface area contributed by atoms with Gasteiger partial charge in [-0.1, -0.05) is 37.3 Å². The molecule has 0 aliphatic rings. The Morgan fingerprint density at radius 2 is 1.79 bits per heavy atom. The minimum atomic E-state index is 0.108. The molecule has 1 aromatic rings. The van der Waals surface area contributed by atoms with Crippen molar-refractivity contribution in [3.8, 4) is 0 Å². The lowest BCUT2D eigenvalue weighted by molar-refractivity contribution is -0.154. The van der Waals surface area contributed by atoms with Gasteiger partial charge in [0.05, 0.1) is 6.04 Å². The van der Waals surface area contributed by atoms with E-state index in [1.807, 2.05) is 32.0 Å². The van der Waals surface area contributed by atoms with Gasteiger partial charge in [-0.05, 0) is 25.8 Å². The number of hydrogen-bond donors (Lipinski definition) is 1. The third kappa shape index (κ3) is 2.56. The maximum atomic E-state index is 9.87. The highest BCUT2D eigenvalue weighted by Gasteiger charge is 2.18. The number of hydroxylamine groups is 2. The molecule has 1 N–H and O–H groups in total. The predicted octanol–water partition coefficient (Wildman–Crippen LogP) is 3.24. The van der Waals surface area contributed by atoms with Crippen molar-refractivity contribution in [3.05, 3.63) is 35.9 Å². The first kappa shape index (κ1) is 11.2. The molecule has 0 bridgehead atoms. The van der Waals surface area contributed by atoms with Gasteiger partial charge in [-0.3, -0.25) is 0 Å². The fourth-order valence-electron chi connectivity index (χ4n) is 1.61. The molecule has 0 radical (unpaired) electrons. The first-order valence-electron chi connectivity index (χ1n) is 5.19. The molecular formula is C12H19NO. The maximum absolute atomic E-state index is 9.87. The first-order chi connectivity index (χ1) is 6.66. The summed E-state index contributed by atoms with van der Waals surface area (Å²) in [7, 11) is 0. The molecular weight excluding hydrogens is 174 g/mol. The Balaban J connectivity index is 2.82. The fourth-order valence-corrected chi connectivity index (χ4v) is 1.61. The van der Waals surface area contributed by atoms with Crippen molar-refractivity contribution >= 4 is 0 Å². The van der Waals surface area contributed by atoms with Crippen LogP contribution in [0, 0.1) is 0 Å². The van der Waals surface area contributed by atoms with Gasteiger partial charge >= 0.3 is 0 Å². The SMILES string of the molecule is CCC(c1ccccc1)N(O)C(C)C. The smallest absolute Gasteiger partial charge is 0.0599 e. The molecule has 0 aliphatic heterocycles. The predicted molar refractivity (Wildman–Crippen MR) is 58.2 cm³/mol. The molecule has 2 nitrogen and oxygen atoms in total. The Morgan fingerprint density at radius 3 is 2.21 bits per heavy atom. The molecule has 78 valence electrons. The minimum Gasteiger partial charge on any atom is -0.313 e. The molecule has 0 saturated heterocycles. The van der Waals surface area contributed by atoms with Crippen molar-refractivity contribution in [2.24, 2.45) is 0 Å². The number of hydrogen-bond acceptors (Lipinski definition) is 2. The molecule has 0 aliphatic carbocycles. The number of rotatable bonds is 4. The molecule has 0 spiro atoms. The Bertz CT molecular complexity index is 258. The van der Waals surface area contributed by atoms with E-state index >= 15 is 0 Å². The maximum Gasteiger partial charge on any atom is 0.0599 e. The van der Waals surface area contributed by atoms with Crippen LogP contribution in [-0.4, -0.2) is 16.3 Å².